The first kappa shape index (κ1) is 14.1. The molecule has 0 unspecified atom stereocenters. The molecular weight excluding hydrogens is 260 g/mol. The van der Waals surface area contributed by atoms with E-state index in [1.54, 1.807) is 6.20 Å². The van der Waals surface area contributed by atoms with Crippen molar-refractivity contribution in [3.63, 3.8) is 0 Å². The fourth-order valence-electron chi connectivity index (χ4n) is 3.28. The Morgan fingerprint density at radius 2 is 2.00 bits per heavy atom. The monoisotopic (exact) mass is 282 g/mol. The number of carbonyl (C=O) groups excluding carboxylic acids is 1. The molecule has 3 rings (SSSR count). The number of fused-ring (bicyclic) bond motifs is 1. The third-order valence-electron chi connectivity index (χ3n) is 4.44. The van der Waals surface area contributed by atoms with Gasteiger partial charge in [-0.3, -0.25) is 9.78 Å². The Hall–Kier alpha value is -1.90. The van der Waals surface area contributed by atoms with Crippen molar-refractivity contribution in [2.24, 2.45) is 5.92 Å². The Kier molecular flexibility index (Phi) is 4.49. The normalized spacial score (nSPS) is 15.4. The summed E-state index contributed by atoms with van der Waals surface area (Å²) in [5.74, 6) is 0.829. The van der Waals surface area contributed by atoms with Crippen LogP contribution in [0.2, 0.25) is 0 Å². The summed E-state index contributed by atoms with van der Waals surface area (Å²) in [7, 11) is 0. The highest BCUT2D eigenvalue weighted by molar-refractivity contribution is 6.05. The van der Waals surface area contributed by atoms with E-state index in [1.165, 1.54) is 32.1 Å². The minimum Gasteiger partial charge on any atom is -0.351 e. The van der Waals surface area contributed by atoms with Crippen LogP contribution in [0.15, 0.2) is 36.5 Å². The number of nitrogens with zero attached hydrogens (tertiary/aromatic N) is 1. The minimum atomic E-state index is -0.0572. The van der Waals surface area contributed by atoms with E-state index in [-0.39, 0.29) is 5.91 Å². The van der Waals surface area contributed by atoms with Gasteiger partial charge in [0.2, 0.25) is 0 Å². The molecule has 0 saturated heterocycles. The molecule has 0 radical (unpaired) electrons. The van der Waals surface area contributed by atoms with Crippen LogP contribution in [0.1, 0.15) is 49.0 Å². The van der Waals surface area contributed by atoms with Gasteiger partial charge in [0, 0.05) is 18.1 Å². The van der Waals surface area contributed by atoms with Crippen molar-refractivity contribution in [1.29, 1.82) is 0 Å². The molecule has 1 heterocycles. The molecule has 1 aromatic heterocycles. The van der Waals surface area contributed by atoms with Gasteiger partial charge in [-0.25, -0.2) is 0 Å². The second-order valence-corrected chi connectivity index (χ2v) is 5.93. The van der Waals surface area contributed by atoms with Gasteiger partial charge in [0.25, 0.3) is 5.91 Å². The lowest BCUT2D eigenvalue weighted by molar-refractivity contribution is 0.0949. The number of rotatable bonds is 5. The summed E-state index contributed by atoms with van der Waals surface area (Å²) in [5.41, 5.74) is 0.536. The molecule has 1 aliphatic carbocycles. The number of aromatic nitrogens is 1. The Morgan fingerprint density at radius 3 is 2.86 bits per heavy atom. The minimum absolute atomic E-state index is 0.0572. The maximum absolute atomic E-state index is 12.3. The van der Waals surface area contributed by atoms with Crippen molar-refractivity contribution >= 4 is 16.7 Å². The molecule has 1 saturated carbocycles. The molecule has 0 spiro atoms. The van der Waals surface area contributed by atoms with Crippen LogP contribution in [0.5, 0.6) is 0 Å². The molecule has 110 valence electrons. The van der Waals surface area contributed by atoms with Crippen LogP contribution in [0, 0.1) is 5.92 Å². The summed E-state index contributed by atoms with van der Waals surface area (Å²) < 4.78 is 0. The number of hydrogen-bond acceptors (Lipinski definition) is 2. The fraction of sp³-hybridized carbons (Fsp3) is 0.444. The van der Waals surface area contributed by atoms with Crippen LogP contribution < -0.4 is 5.32 Å². The predicted molar refractivity (Wildman–Crippen MR) is 85.3 cm³/mol. The van der Waals surface area contributed by atoms with Crippen molar-refractivity contribution < 1.29 is 4.79 Å². The van der Waals surface area contributed by atoms with Gasteiger partial charge in [-0.2, -0.15) is 0 Å². The van der Waals surface area contributed by atoms with E-state index < -0.39 is 0 Å². The third kappa shape index (κ3) is 3.41. The van der Waals surface area contributed by atoms with Gasteiger partial charge in [0.05, 0.1) is 0 Å². The first-order chi connectivity index (χ1) is 10.3. The number of carbonyl (C=O) groups is 1. The second kappa shape index (κ2) is 6.70. The van der Waals surface area contributed by atoms with Gasteiger partial charge in [-0.1, -0.05) is 49.9 Å². The Balaban J connectivity index is 1.56. The molecule has 1 fully saturated rings. The summed E-state index contributed by atoms with van der Waals surface area (Å²) in [5, 5.41) is 5.00. The number of hydrogen-bond donors (Lipinski definition) is 1. The summed E-state index contributed by atoms with van der Waals surface area (Å²) in [6.45, 7) is 0.750. The maximum atomic E-state index is 12.3. The molecule has 0 bridgehead atoms. The molecule has 1 aromatic carbocycles. The number of benzene rings is 1. The average Bonchev–Trinajstić information content (AvgIpc) is 3.04. The zero-order chi connectivity index (χ0) is 14.5. The van der Waals surface area contributed by atoms with Gasteiger partial charge >= 0.3 is 0 Å². The molecule has 0 aliphatic heterocycles. The molecule has 1 N–H and O–H groups in total. The lowest BCUT2D eigenvalue weighted by Gasteiger charge is -2.10. The smallest absolute Gasteiger partial charge is 0.270 e. The standard InChI is InChI=1S/C18H22N2O/c21-18(20-12-5-8-14-6-1-2-7-14)17-16-10-4-3-9-15(16)11-13-19-17/h3-4,9-11,13-14H,1-2,5-8,12H2,(H,20,21). The van der Waals surface area contributed by atoms with E-state index in [1.807, 2.05) is 30.3 Å². The molecule has 1 aliphatic rings. The number of amides is 1. The van der Waals surface area contributed by atoms with Crippen LogP contribution in [0.4, 0.5) is 0 Å². The highest BCUT2D eigenvalue weighted by Gasteiger charge is 2.15. The van der Waals surface area contributed by atoms with Gasteiger partial charge in [-0.05, 0) is 30.2 Å². The molecule has 2 aromatic rings. The van der Waals surface area contributed by atoms with E-state index in [4.69, 9.17) is 0 Å². The molecule has 3 nitrogen and oxygen atoms in total. The summed E-state index contributed by atoms with van der Waals surface area (Å²) in [6, 6.07) is 9.82. The lowest BCUT2D eigenvalue weighted by Crippen LogP contribution is -2.25. The summed E-state index contributed by atoms with van der Waals surface area (Å²) in [6.07, 6.45) is 9.53. The fourth-order valence-corrected chi connectivity index (χ4v) is 3.28. The zero-order valence-corrected chi connectivity index (χ0v) is 12.3. The van der Waals surface area contributed by atoms with Crippen LogP contribution in [-0.4, -0.2) is 17.4 Å². The van der Waals surface area contributed by atoms with Crippen LogP contribution in [0.25, 0.3) is 10.8 Å². The number of nitrogens with one attached hydrogen (secondary N) is 1. The quantitative estimate of drug-likeness (QED) is 0.844. The Morgan fingerprint density at radius 1 is 1.19 bits per heavy atom. The topological polar surface area (TPSA) is 42.0 Å². The van der Waals surface area contributed by atoms with Crippen molar-refractivity contribution in [3.05, 3.63) is 42.2 Å². The first-order valence-electron chi connectivity index (χ1n) is 7.96. The van der Waals surface area contributed by atoms with Crippen molar-refractivity contribution in [1.82, 2.24) is 10.3 Å². The molecule has 1 amide bonds. The van der Waals surface area contributed by atoms with E-state index in [0.29, 0.717) is 5.69 Å². The van der Waals surface area contributed by atoms with Gasteiger partial charge in [-0.15, -0.1) is 0 Å². The van der Waals surface area contributed by atoms with Crippen LogP contribution in [-0.2, 0) is 0 Å². The highest BCUT2D eigenvalue weighted by atomic mass is 16.1. The summed E-state index contributed by atoms with van der Waals surface area (Å²) >= 11 is 0. The van der Waals surface area contributed by atoms with E-state index in [2.05, 4.69) is 10.3 Å². The average molecular weight is 282 g/mol. The molecule has 3 heteroatoms. The van der Waals surface area contributed by atoms with Crippen LogP contribution >= 0.6 is 0 Å². The predicted octanol–water partition coefficient (Wildman–Crippen LogP) is 3.94. The Bertz CT molecular complexity index is 612. The van der Waals surface area contributed by atoms with Crippen molar-refractivity contribution in [2.45, 2.75) is 38.5 Å². The SMILES string of the molecule is O=C(NCCCC1CCCC1)c1nccc2ccccc12. The van der Waals surface area contributed by atoms with E-state index >= 15 is 0 Å². The van der Waals surface area contributed by atoms with Crippen molar-refractivity contribution in [2.75, 3.05) is 6.54 Å². The van der Waals surface area contributed by atoms with Gasteiger partial charge in [0.15, 0.2) is 0 Å². The largest absolute Gasteiger partial charge is 0.351 e. The summed E-state index contributed by atoms with van der Waals surface area (Å²) in [4.78, 5) is 16.5. The van der Waals surface area contributed by atoms with Gasteiger partial charge in [0.1, 0.15) is 5.69 Å². The first-order valence-corrected chi connectivity index (χ1v) is 7.96. The van der Waals surface area contributed by atoms with Crippen molar-refractivity contribution in [3.8, 4) is 0 Å². The molecular formula is C18H22N2O. The number of pyridine rings is 1. The molecule has 21 heavy (non-hydrogen) atoms. The Labute approximate surface area is 125 Å². The zero-order valence-electron chi connectivity index (χ0n) is 12.3. The van der Waals surface area contributed by atoms with Gasteiger partial charge < -0.3 is 5.32 Å². The maximum Gasteiger partial charge on any atom is 0.270 e. The van der Waals surface area contributed by atoms with E-state index in [0.717, 1.165) is 29.7 Å². The highest BCUT2D eigenvalue weighted by Crippen LogP contribution is 2.28. The molecule has 0 atom stereocenters. The second-order valence-electron chi connectivity index (χ2n) is 5.93. The van der Waals surface area contributed by atoms with Crippen LogP contribution in [0.3, 0.4) is 0 Å². The van der Waals surface area contributed by atoms with E-state index in [9.17, 15) is 4.79 Å². The third-order valence-corrected chi connectivity index (χ3v) is 4.44. The lowest BCUT2D eigenvalue weighted by atomic mass is 10.0.